The Balaban J connectivity index is 6.57. The maximum Gasteiger partial charge on any atom is 0.438 e. The molecular formula is C9H4F16O3S. The predicted molar refractivity (Wildman–Crippen MR) is 56.8 cm³/mol. The first-order chi connectivity index (χ1) is 12.1. The van der Waals surface area contributed by atoms with Gasteiger partial charge in [0.25, 0.3) is 0 Å². The van der Waals surface area contributed by atoms with Gasteiger partial charge in [-0.05, 0) is 0 Å². The van der Waals surface area contributed by atoms with Crippen molar-refractivity contribution in [1.29, 1.82) is 0 Å². The highest BCUT2D eigenvalue weighted by Crippen LogP contribution is 2.61. The average molecular weight is 496 g/mol. The summed E-state index contributed by atoms with van der Waals surface area (Å²) >= 11 is 0. The van der Waals surface area contributed by atoms with E-state index in [1.54, 1.807) is 0 Å². The highest BCUT2D eigenvalue weighted by molar-refractivity contribution is 7.87. The average Bonchev–Trinajstić information content (AvgIpc) is 2.42. The van der Waals surface area contributed by atoms with E-state index < -0.39 is 63.8 Å². The Hall–Kier alpha value is -1.21. The lowest BCUT2D eigenvalue weighted by Gasteiger charge is -2.41. The molecule has 1 unspecified atom stereocenters. The molecule has 176 valence electrons. The molecule has 0 fully saturated rings. The van der Waals surface area contributed by atoms with Crippen LogP contribution in [0.3, 0.4) is 0 Å². The van der Waals surface area contributed by atoms with E-state index in [1.165, 1.54) is 0 Å². The Morgan fingerprint density at radius 2 is 0.931 bits per heavy atom. The predicted octanol–water partition coefficient (Wildman–Crippen LogP) is 4.93. The van der Waals surface area contributed by atoms with Crippen LogP contribution in [0.2, 0.25) is 0 Å². The molecule has 0 bridgehead atoms. The van der Waals surface area contributed by atoms with Gasteiger partial charge in [-0.15, -0.1) is 0 Å². The first kappa shape index (κ1) is 27.8. The summed E-state index contributed by atoms with van der Waals surface area (Å²) in [6.07, 6.45) is -15.3. The van der Waals surface area contributed by atoms with E-state index in [9.17, 15) is 78.7 Å². The van der Waals surface area contributed by atoms with Crippen LogP contribution in [-0.2, 0) is 10.1 Å². The van der Waals surface area contributed by atoms with E-state index in [-0.39, 0.29) is 0 Å². The molecule has 0 rings (SSSR count). The highest BCUT2D eigenvalue weighted by atomic mass is 32.2. The third kappa shape index (κ3) is 4.05. The minimum atomic E-state index is -8.50. The van der Waals surface area contributed by atoms with Crippen LogP contribution >= 0.6 is 0 Å². The Morgan fingerprint density at radius 3 is 1.21 bits per heavy atom. The van der Waals surface area contributed by atoms with Gasteiger partial charge in [0.1, 0.15) is 0 Å². The second-order valence-corrected chi connectivity index (χ2v) is 6.66. The Labute approximate surface area is 148 Å². The van der Waals surface area contributed by atoms with Gasteiger partial charge in [0.2, 0.25) is 0 Å². The Bertz CT molecular complexity index is 708. The molecule has 29 heavy (non-hydrogen) atoms. The molecule has 0 saturated heterocycles. The van der Waals surface area contributed by atoms with Gasteiger partial charge in [0, 0.05) is 0 Å². The van der Waals surface area contributed by atoms with Crippen molar-refractivity contribution in [3.8, 4) is 0 Å². The first-order valence-electron chi connectivity index (χ1n) is 6.07. The largest absolute Gasteiger partial charge is 0.438 e. The first-order valence-corrected chi connectivity index (χ1v) is 7.51. The van der Waals surface area contributed by atoms with Gasteiger partial charge in [-0.2, -0.15) is 74.3 Å². The highest BCUT2D eigenvalue weighted by Gasteiger charge is 2.92. The van der Waals surface area contributed by atoms with Crippen LogP contribution in [0.5, 0.6) is 0 Å². The van der Waals surface area contributed by atoms with E-state index in [2.05, 4.69) is 0 Å². The zero-order chi connectivity index (χ0) is 24.3. The van der Waals surface area contributed by atoms with Crippen LogP contribution in [0.1, 0.15) is 6.42 Å². The van der Waals surface area contributed by atoms with Crippen molar-refractivity contribution >= 4 is 10.1 Å². The fourth-order valence-electron chi connectivity index (χ4n) is 1.48. The summed E-state index contributed by atoms with van der Waals surface area (Å²) in [5.74, 6) is -41.0. The molecule has 0 aromatic rings. The zero-order valence-corrected chi connectivity index (χ0v) is 13.3. The minimum absolute atomic E-state index is 3.69. The molecule has 0 aromatic heterocycles. The maximum absolute atomic E-state index is 13.2. The summed E-state index contributed by atoms with van der Waals surface area (Å²) < 4.78 is 232. The molecule has 0 aliphatic heterocycles. The third-order valence-corrected chi connectivity index (χ3v) is 4.00. The molecule has 0 aliphatic carbocycles. The zero-order valence-electron chi connectivity index (χ0n) is 12.5. The minimum Gasteiger partial charge on any atom is -0.281 e. The van der Waals surface area contributed by atoms with Crippen LogP contribution in [0.25, 0.3) is 0 Å². The van der Waals surface area contributed by atoms with Crippen molar-refractivity contribution in [3.05, 3.63) is 0 Å². The van der Waals surface area contributed by atoms with E-state index in [4.69, 9.17) is 4.55 Å². The van der Waals surface area contributed by atoms with Gasteiger partial charge in [0.15, 0.2) is 6.17 Å². The number of rotatable bonds is 8. The lowest BCUT2D eigenvalue weighted by molar-refractivity contribution is -0.422. The van der Waals surface area contributed by atoms with Crippen LogP contribution in [0, 0.1) is 0 Å². The second kappa shape index (κ2) is 6.91. The number of halogens is 16. The maximum atomic E-state index is 13.2. The molecule has 0 saturated carbocycles. The van der Waals surface area contributed by atoms with Gasteiger partial charge in [0.05, 0.1) is 6.42 Å². The standard InChI is InChI=1S/C9H4F16O3S/c10-2(1-3(11,12)13)4(14,15)5(16,17)6(18,19)7(20,21)8(22,23)9(24,25)29(26,27)28/h2H,1H2,(H,26,27,28). The number of alkyl halides is 16. The molecule has 0 radical (unpaired) electrons. The summed E-state index contributed by atoms with van der Waals surface area (Å²) in [5, 5.41) is -7.70. The second-order valence-electron chi connectivity index (χ2n) is 5.20. The van der Waals surface area contributed by atoms with Crippen molar-refractivity contribution in [1.82, 2.24) is 0 Å². The van der Waals surface area contributed by atoms with Crippen LogP contribution in [0.15, 0.2) is 0 Å². The third-order valence-electron chi connectivity index (χ3n) is 3.10. The molecule has 1 atom stereocenters. The van der Waals surface area contributed by atoms with Crippen molar-refractivity contribution in [3.63, 3.8) is 0 Å². The van der Waals surface area contributed by atoms with Gasteiger partial charge >= 0.3 is 51.2 Å². The van der Waals surface area contributed by atoms with E-state index in [1.807, 2.05) is 0 Å². The fraction of sp³-hybridized carbons (Fsp3) is 1.00. The quantitative estimate of drug-likeness (QED) is 0.383. The van der Waals surface area contributed by atoms with Crippen molar-refractivity contribution in [2.24, 2.45) is 0 Å². The van der Waals surface area contributed by atoms with Crippen LogP contribution in [0.4, 0.5) is 70.2 Å². The summed E-state index contributed by atoms with van der Waals surface area (Å²) in [6.45, 7) is 0. The normalized spacial score (nSPS) is 17.4. The molecule has 20 heteroatoms. The fourth-order valence-corrected chi connectivity index (χ4v) is 1.93. The number of hydrogen-bond acceptors (Lipinski definition) is 2. The summed E-state index contributed by atoms with van der Waals surface area (Å²) in [6, 6.07) is 0. The van der Waals surface area contributed by atoms with Gasteiger partial charge < -0.3 is 0 Å². The Kier molecular flexibility index (Phi) is 6.62. The number of hydrogen-bond donors (Lipinski definition) is 1. The van der Waals surface area contributed by atoms with Crippen molar-refractivity contribution < 1.29 is 83.2 Å². The molecule has 0 aromatic carbocycles. The molecule has 0 amide bonds. The lowest BCUT2D eigenvalue weighted by Crippen LogP contribution is -2.72. The molecule has 3 nitrogen and oxygen atoms in total. The van der Waals surface area contributed by atoms with Gasteiger partial charge in [-0.3, -0.25) is 4.55 Å². The molecule has 0 heterocycles. The molecule has 1 N–H and O–H groups in total. The molecule has 0 aliphatic rings. The van der Waals surface area contributed by atoms with Crippen molar-refractivity contribution in [2.75, 3.05) is 0 Å². The van der Waals surface area contributed by atoms with E-state index >= 15 is 0 Å². The Morgan fingerprint density at radius 1 is 0.621 bits per heavy atom. The van der Waals surface area contributed by atoms with Gasteiger partial charge in [-0.1, -0.05) is 0 Å². The van der Waals surface area contributed by atoms with Crippen molar-refractivity contribution in [2.45, 2.75) is 53.6 Å². The van der Waals surface area contributed by atoms with E-state index in [0.29, 0.717) is 0 Å². The monoisotopic (exact) mass is 496 g/mol. The smallest absolute Gasteiger partial charge is 0.281 e. The topological polar surface area (TPSA) is 54.4 Å². The summed E-state index contributed by atoms with van der Waals surface area (Å²) in [7, 11) is -7.78. The molecular weight excluding hydrogens is 492 g/mol. The summed E-state index contributed by atoms with van der Waals surface area (Å²) in [5.41, 5.74) is 0. The summed E-state index contributed by atoms with van der Waals surface area (Å²) in [4.78, 5) is 0. The van der Waals surface area contributed by atoms with Crippen LogP contribution in [-0.4, -0.2) is 60.2 Å². The molecule has 0 spiro atoms. The lowest BCUT2D eigenvalue weighted by atomic mass is 9.91. The van der Waals surface area contributed by atoms with Crippen LogP contribution < -0.4 is 0 Å². The van der Waals surface area contributed by atoms with E-state index in [0.717, 1.165) is 0 Å². The SMILES string of the molecule is O=S(=O)(O)C(F)(F)C(F)(F)C(F)(F)C(F)(F)C(F)(F)C(F)(F)C(F)CC(F)(F)F. The van der Waals surface area contributed by atoms with Gasteiger partial charge in [-0.25, -0.2) is 4.39 Å².